The van der Waals surface area contributed by atoms with E-state index in [0.29, 0.717) is 12.3 Å². The summed E-state index contributed by atoms with van der Waals surface area (Å²) in [7, 11) is -16.3. The van der Waals surface area contributed by atoms with E-state index in [4.69, 9.17) is 30.7 Å². The fourth-order valence-corrected chi connectivity index (χ4v) is 7.08. The number of nitrogens with zero attached hydrogens (tertiary/aromatic N) is 4. The number of nitrogens with one attached hydrogen (secondary N) is 3. The van der Waals surface area contributed by atoms with E-state index < -0.39 is 78.6 Å². The zero-order valence-corrected chi connectivity index (χ0v) is 31.4. The number of nitrogen functional groups attached to an aromatic ring is 1. The summed E-state index contributed by atoms with van der Waals surface area (Å²) in [5.74, 6) is -0.777. The first-order chi connectivity index (χ1) is 23.9. The normalized spacial score (nSPS) is 22.0. The lowest BCUT2D eigenvalue weighted by Gasteiger charge is -2.30. The molecule has 0 saturated carbocycles. The van der Waals surface area contributed by atoms with Crippen LogP contribution in [0.5, 0.6) is 0 Å². The molecule has 2 amide bonds. The number of amidine groups is 1. The molecule has 29 heteroatoms. The monoisotopic (exact) mass is 825 g/mol. The fourth-order valence-electron chi connectivity index (χ4n) is 4.14. The molecule has 25 nitrogen and oxygen atoms in total. The van der Waals surface area contributed by atoms with Crippen LogP contribution in [0.2, 0.25) is 0 Å². The van der Waals surface area contributed by atoms with Gasteiger partial charge in [0.2, 0.25) is 11.8 Å². The van der Waals surface area contributed by atoms with Gasteiger partial charge in [-0.2, -0.15) is 16.9 Å². The number of carbonyl (C=O) groups excluding carboxylic acids is 2. The van der Waals surface area contributed by atoms with E-state index in [2.05, 4.69) is 47.0 Å². The van der Waals surface area contributed by atoms with Gasteiger partial charge in [-0.3, -0.25) is 33.1 Å². The molecule has 1 fully saturated rings. The van der Waals surface area contributed by atoms with E-state index in [0.717, 1.165) is 17.2 Å². The Morgan fingerprint density at radius 1 is 1.12 bits per heavy atom. The number of aromatic nitrogens is 4. The van der Waals surface area contributed by atoms with Crippen molar-refractivity contribution in [2.45, 2.75) is 57.8 Å². The lowest BCUT2D eigenvalue weighted by Crippen LogP contribution is -2.46. The van der Waals surface area contributed by atoms with Crippen molar-refractivity contribution in [1.82, 2.24) is 30.2 Å². The van der Waals surface area contributed by atoms with Crippen molar-refractivity contribution < 1.29 is 75.7 Å². The average molecular weight is 826 g/mol. The maximum atomic E-state index is 12.6. The molecule has 3 heterocycles. The summed E-state index contributed by atoms with van der Waals surface area (Å²) in [6, 6.07) is 0. The molecule has 1 saturated heterocycles. The van der Waals surface area contributed by atoms with Crippen LogP contribution in [0.1, 0.15) is 33.4 Å². The number of rotatable bonds is 18. The largest absolute Gasteiger partial charge is 0.481 e. The number of aliphatic hydroxyl groups is 2. The summed E-state index contributed by atoms with van der Waals surface area (Å²) in [6.45, 7) is 2.25. The third-order valence-electron chi connectivity index (χ3n) is 6.51. The van der Waals surface area contributed by atoms with Gasteiger partial charge in [0.05, 0.1) is 25.4 Å². The first-order valence-corrected chi connectivity index (χ1v) is 19.9. The Morgan fingerprint density at radius 2 is 1.73 bits per heavy atom. The van der Waals surface area contributed by atoms with Gasteiger partial charge in [-0.05, 0) is 6.92 Å². The van der Waals surface area contributed by atoms with Crippen molar-refractivity contribution in [1.29, 1.82) is 5.41 Å². The highest BCUT2D eigenvalue weighted by molar-refractivity contribution is 7.80. The summed E-state index contributed by atoms with van der Waals surface area (Å²) in [5.41, 5.74) is 8.99. The summed E-state index contributed by atoms with van der Waals surface area (Å²) in [5, 5.41) is 32.4. The van der Waals surface area contributed by atoms with Gasteiger partial charge < -0.3 is 56.6 Å². The molecule has 0 aliphatic carbocycles. The fraction of sp³-hybridized carbons (Fsp3) is 0.652. The van der Waals surface area contributed by atoms with E-state index in [1.54, 1.807) is 0 Å². The lowest BCUT2D eigenvalue weighted by atomic mass is 9.87. The van der Waals surface area contributed by atoms with Crippen LogP contribution in [0.4, 0.5) is 5.82 Å². The van der Waals surface area contributed by atoms with E-state index in [1.807, 2.05) is 0 Å². The second-order valence-corrected chi connectivity index (χ2v) is 16.2. The van der Waals surface area contributed by atoms with E-state index in [1.165, 1.54) is 20.8 Å². The number of phosphoric ester groups is 3. The number of anilines is 1. The molecule has 1 aliphatic heterocycles. The molecule has 1 aliphatic rings. The number of aliphatic hydroxyl groups excluding tert-OH is 2. The van der Waals surface area contributed by atoms with Crippen LogP contribution in [-0.2, 0) is 45.9 Å². The summed E-state index contributed by atoms with van der Waals surface area (Å²) in [4.78, 5) is 74.6. The molecular formula is C23H42N9O16P3S. The minimum Gasteiger partial charge on any atom is -0.388 e. The minimum atomic E-state index is -5.54. The Bertz CT molecular complexity index is 1690. The van der Waals surface area contributed by atoms with Crippen LogP contribution in [-0.4, -0.2) is 123 Å². The van der Waals surface area contributed by atoms with Gasteiger partial charge in [0.25, 0.3) is 0 Å². The van der Waals surface area contributed by atoms with Crippen LogP contribution in [0, 0.1) is 10.8 Å². The smallest absolute Gasteiger partial charge is 0.388 e. The van der Waals surface area contributed by atoms with Gasteiger partial charge in [0, 0.05) is 30.7 Å². The summed E-state index contributed by atoms with van der Waals surface area (Å²) < 4.78 is 61.7. The zero-order valence-electron chi connectivity index (χ0n) is 27.8. The number of imidazole rings is 1. The molecule has 0 spiro atoms. The maximum Gasteiger partial charge on any atom is 0.481 e. The van der Waals surface area contributed by atoms with Crippen molar-refractivity contribution in [3.8, 4) is 0 Å². The van der Waals surface area contributed by atoms with Gasteiger partial charge in [-0.25, -0.2) is 28.6 Å². The number of amides is 2. The first-order valence-electron chi connectivity index (χ1n) is 14.7. The summed E-state index contributed by atoms with van der Waals surface area (Å²) in [6.07, 6.45) is -6.74. The standard InChI is InChI=1S/C21H36N7O16P3S.C2H6N2/c1-21(2,16(31)19(32)24-4-3-12(29)23-5-6-48)8-41-47(38,39)44-46(36,37)40-7-11-15(43-45(33,34)35)14(30)20(42-11)28-10-27-13-17(22)25-9-26-18(13)28;1-2(3)4/h9-11,14-16,20,30-31,48H,3-8H2,1-2H3,(H,23,29)(H,24,32)(H,36,37)(H,38,39)(H2,22,25,26)(H2,33,34,35);1H3,(H3,3,4)/t11-,14-,15-,16+,20-;/m1./s1. The number of fused-ring (bicyclic) bond motifs is 1. The number of phosphoric acid groups is 3. The van der Waals surface area contributed by atoms with Gasteiger partial charge in [-0.15, -0.1) is 0 Å². The predicted molar refractivity (Wildman–Crippen MR) is 181 cm³/mol. The molecule has 0 bridgehead atoms. The highest BCUT2D eigenvalue weighted by atomic mass is 32.1. The van der Waals surface area contributed by atoms with Crippen LogP contribution in [0.15, 0.2) is 12.7 Å². The molecule has 2 aromatic heterocycles. The van der Waals surface area contributed by atoms with E-state index >= 15 is 0 Å². The second kappa shape index (κ2) is 19.1. The van der Waals surface area contributed by atoms with Crippen LogP contribution in [0.3, 0.4) is 0 Å². The Kier molecular flexibility index (Phi) is 16.7. The summed E-state index contributed by atoms with van der Waals surface area (Å²) >= 11 is 3.95. The Labute approximate surface area is 301 Å². The number of ether oxygens (including phenoxy) is 1. The quantitative estimate of drug-likeness (QED) is 0.0344. The number of nitrogens with two attached hydrogens (primary N) is 2. The van der Waals surface area contributed by atoms with Gasteiger partial charge in [-0.1, -0.05) is 13.8 Å². The minimum absolute atomic E-state index is 0.0363. The molecule has 296 valence electrons. The van der Waals surface area contributed by atoms with Gasteiger partial charge >= 0.3 is 23.5 Å². The highest BCUT2D eigenvalue weighted by Gasteiger charge is 2.50. The average Bonchev–Trinajstić information content (AvgIpc) is 3.57. The number of carbonyl (C=O) groups is 2. The predicted octanol–water partition coefficient (Wildman–Crippen LogP) is -1.72. The molecule has 52 heavy (non-hydrogen) atoms. The molecule has 3 rings (SSSR count). The van der Waals surface area contributed by atoms with Crippen molar-refractivity contribution in [3.05, 3.63) is 12.7 Å². The Balaban J connectivity index is 0.00000222. The number of thiol groups is 1. The SMILES string of the molecule is CC(=N)N.CC(C)(COP(=O)(O)OP(=O)(O)OC[C@H]1O[C@@H](n2cnc3c(N)ncnc32)[C@H](O)[C@@H]1OP(=O)(O)O)[C@@H](O)C(=O)NCCC(=O)NCCS. The molecule has 13 N–H and O–H groups in total. The van der Waals surface area contributed by atoms with Crippen molar-refractivity contribution in [3.63, 3.8) is 0 Å². The molecule has 2 unspecified atom stereocenters. The van der Waals surface area contributed by atoms with E-state index in [-0.39, 0.29) is 41.7 Å². The maximum absolute atomic E-state index is 12.6. The second-order valence-electron chi connectivity index (χ2n) is 11.5. The first kappa shape index (κ1) is 45.5. The van der Waals surface area contributed by atoms with Crippen LogP contribution < -0.4 is 22.1 Å². The molecule has 0 aromatic carbocycles. The van der Waals surface area contributed by atoms with Crippen LogP contribution >= 0.6 is 36.1 Å². The lowest BCUT2D eigenvalue weighted by molar-refractivity contribution is -0.137. The Morgan fingerprint density at radius 3 is 2.33 bits per heavy atom. The number of hydrogen-bond acceptors (Lipinski definition) is 18. The van der Waals surface area contributed by atoms with Crippen molar-refractivity contribution >= 4 is 70.7 Å². The van der Waals surface area contributed by atoms with Crippen molar-refractivity contribution in [2.24, 2.45) is 11.1 Å². The van der Waals surface area contributed by atoms with Gasteiger partial charge in [0.1, 0.15) is 36.3 Å². The van der Waals surface area contributed by atoms with Crippen LogP contribution in [0.25, 0.3) is 11.2 Å². The molecule has 2 aromatic rings. The Hall–Kier alpha value is -2.64. The van der Waals surface area contributed by atoms with E-state index in [9.17, 15) is 53.1 Å². The number of hydrogen-bond donors (Lipinski definition) is 12. The van der Waals surface area contributed by atoms with Gasteiger partial charge in [0.15, 0.2) is 17.7 Å². The molecular weight excluding hydrogens is 783 g/mol. The highest BCUT2D eigenvalue weighted by Crippen LogP contribution is 2.61. The molecule has 7 atom stereocenters. The zero-order chi connectivity index (χ0) is 39.7. The third-order valence-corrected chi connectivity index (χ3v) is 9.83. The van der Waals surface area contributed by atoms with Crippen molar-refractivity contribution in [2.75, 3.05) is 37.8 Å². The third kappa shape index (κ3) is 14.3. The topological polar surface area (TPSA) is 396 Å². The molecule has 0 radical (unpaired) electrons.